The van der Waals surface area contributed by atoms with E-state index >= 15 is 0 Å². The largest absolute Gasteiger partial charge is 0.507 e. The van der Waals surface area contributed by atoms with E-state index in [1.807, 2.05) is 19.1 Å². The Morgan fingerprint density at radius 2 is 1.82 bits per heavy atom. The SMILES string of the molecule is Cc1c(Br)cc(/C=N\NC(=O)c2cc(Br)ccc2O)cc1Br. The number of carbonyl (C=O) groups excluding carboxylic acids is 1. The van der Waals surface area contributed by atoms with Gasteiger partial charge in [0.2, 0.25) is 0 Å². The zero-order valence-electron chi connectivity index (χ0n) is 11.4. The maximum Gasteiger partial charge on any atom is 0.275 e. The second kappa shape index (κ2) is 7.39. The van der Waals surface area contributed by atoms with E-state index in [0.29, 0.717) is 4.47 Å². The van der Waals surface area contributed by atoms with Gasteiger partial charge >= 0.3 is 0 Å². The molecule has 0 aliphatic carbocycles. The van der Waals surface area contributed by atoms with E-state index in [4.69, 9.17) is 0 Å². The zero-order valence-corrected chi connectivity index (χ0v) is 16.2. The number of benzene rings is 2. The van der Waals surface area contributed by atoms with Crippen LogP contribution in [0.25, 0.3) is 0 Å². The number of hydrazone groups is 1. The van der Waals surface area contributed by atoms with Crippen molar-refractivity contribution in [2.24, 2.45) is 5.10 Å². The second-order valence-electron chi connectivity index (χ2n) is 4.47. The normalized spacial score (nSPS) is 10.9. The van der Waals surface area contributed by atoms with E-state index in [1.54, 1.807) is 6.07 Å². The molecule has 114 valence electrons. The lowest BCUT2D eigenvalue weighted by atomic mass is 10.2. The molecular weight excluding hydrogens is 480 g/mol. The van der Waals surface area contributed by atoms with Crippen molar-refractivity contribution in [2.75, 3.05) is 0 Å². The summed E-state index contributed by atoms with van der Waals surface area (Å²) in [6.07, 6.45) is 1.53. The van der Waals surface area contributed by atoms with Crippen molar-refractivity contribution in [1.29, 1.82) is 0 Å². The molecule has 2 aromatic carbocycles. The lowest BCUT2D eigenvalue weighted by Crippen LogP contribution is -2.17. The van der Waals surface area contributed by atoms with Crippen molar-refractivity contribution in [1.82, 2.24) is 5.43 Å². The molecule has 22 heavy (non-hydrogen) atoms. The Kier molecular flexibility index (Phi) is 5.77. The quantitative estimate of drug-likeness (QED) is 0.481. The predicted molar refractivity (Wildman–Crippen MR) is 97.4 cm³/mol. The molecule has 2 aromatic rings. The topological polar surface area (TPSA) is 61.7 Å². The summed E-state index contributed by atoms with van der Waals surface area (Å²) in [5, 5.41) is 13.6. The van der Waals surface area contributed by atoms with Crippen LogP contribution in [-0.2, 0) is 0 Å². The van der Waals surface area contributed by atoms with Crippen LogP contribution < -0.4 is 5.43 Å². The molecule has 0 saturated heterocycles. The van der Waals surface area contributed by atoms with Crippen LogP contribution in [0, 0.1) is 6.92 Å². The van der Waals surface area contributed by atoms with Crippen molar-refractivity contribution >= 4 is 59.9 Å². The Morgan fingerprint density at radius 3 is 2.45 bits per heavy atom. The maximum absolute atomic E-state index is 12.0. The lowest BCUT2D eigenvalue weighted by Gasteiger charge is -2.04. The van der Waals surface area contributed by atoms with E-state index in [9.17, 15) is 9.90 Å². The first kappa shape index (κ1) is 17.2. The van der Waals surface area contributed by atoms with Gasteiger partial charge in [0.15, 0.2) is 0 Å². The number of carbonyl (C=O) groups is 1. The molecule has 2 N–H and O–H groups in total. The van der Waals surface area contributed by atoms with Gasteiger partial charge in [-0.05, 0) is 48.4 Å². The Bertz CT molecular complexity index is 737. The molecule has 4 nitrogen and oxygen atoms in total. The number of nitrogens with zero attached hydrogens (tertiary/aromatic N) is 1. The van der Waals surface area contributed by atoms with Gasteiger partial charge in [-0.25, -0.2) is 5.43 Å². The van der Waals surface area contributed by atoms with E-state index in [2.05, 4.69) is 58.3 Å². The molecule has 0 spiro atoms. The fourth-order valence-electron chi connectivity index (χ4n) is 1.66. The number of phenols is 1. The Labute approximate surface area is 153 Å². The molecular formula is C15H11Br3N2O2. The van der Waals surface area contributed by atoms with Crippen LogP contribution >= 0.6 is 47.8 Å². The van der Waals surface area contributed by atoms with Crippen molar-refractivity contribution in [3.05, 3.63) is 60.4 Å². The van der Waals surface area contributed by atoms with E-state index in [-0.39, 0.29) is 11.3 Å². The molecule has 0 aliphatic heterocycles. The summed E-state index contributed by atoms with van der Waals surface area (Å²) in [6.45, 7) is 1.98. The zero-order chi connectivity index (χ0) is 16.3. The third-order valence-corrected chi connectivity index (χ3v) is 5.03. The fourth-order valence-corrected chi connectivity index (χ4v) is 3.24. The molecule has 0 unspecified atom stereocenters. The van der Waals surface area contributed by atoms with Crippen LogP contribution in [0.5, 0.6) is 5.75 Å². The Hall–Kier alpha value is -1.18. The number of hydrogen-bond acceptors (Lipinski definition) is 3. The van der Waals surface area contributed by atoms with E-state index in [0.717, 1.165) is 20.1 Å². The smallest absolute Gasteiger partial charge is 0.275 e. The van der Waals surface area contributed by atoms with E-state index in [1.165, 1.54) is 18.3 Å². The molecule has 1 amide bonds. The van der Waals surface area contributed by atoms with Crippen molar-refractivity contribution in [2.45, 2.75) is 6.92 Å². The first-order valence-electron chi connectivity index (χ1n) is 6.16. The van der Waals surface area contributed by atoms with E-state index < -0.39 is 5.91 Å². The summed E-state index contributed by atoms with van der Waals surface area (Å²) in [6, 6.07) is 8.41. The van der Waals surface area contributed by atoms with Gasteiger partial charge in [-0.1, -0.05) is 47.8 Å². The lowest BCUT2D eigenvalue weighted by molar-refractivity contribution is 0.0952. The number of phenolic OH excluding ortho intramolecular Hbond substituents is 1. The van der Waals surface area contributed by atoms with Gasteiger partial charge < -0.3 is 5.11 Å². The number of halogens is 3. The monoisotopic (exact) mass is 488 g/mol. The van der Waals surface area contributed by atoms with Gasteiger partial charge in [0.1, 0.15) is 5.75 Å². The molecule has 0 aromatic heterocycles. The molecule has 0 saturated carbocycles. The molecule has 0 fully saturated rings. The molecule has 0 radical (unpaired) electrons. The average Bonchev–Trinajstić information content (AvgIpc) is 2.47. The van der Waals surface area contributed by atoms with Gasteiger partial charge in [0.05, 0.1) is 11.8 Å². The summed E-state index contributed by atoms with van der Waals surface area (Å²) in [5.41, 5.74) is 4.44. The molecule has 0 atom stereocenters. The third kappa shape index (κ3) is 4.18. The average molecular weight is 491 g/mol. The van der Waals surface area contributed by atoms with Gasteiger partial charge in [0, 0.05) is 13.4 Å². The van der Waals surface area contributed by atoms with Gasteiger partial charge in [-0.3, -0.25) is 4.79 Å². The predicted octanol–water partition coefficient (Wildman–Crippen LogP) is 4.75. The number of aromatic hydroxyl groups is 1. The Morgan fingerprint density at radius 1 is 1.18 bits per heavy atom. The highest BCUT2D eigenvalue weighted by Crippen LogP contribution is 2.25. The summed E-state index contributed by atoms with van der Waals surface area (Å²) >= 11 is 10.2. The van der Waals surface area contributed by atoms with Gasteiger partial charge in [0.25, 0.3) is 5.91 Å². The fraction of sp³-hybridized carbons (Fsp3) is 0.0667. The van der Waals surface area contributed by atoms with Crippen LogP contribution in [0.2, 0.25) is 0 Å². The van der Waals surface area contributed by atoms with Crippen LogP contribution in [0.1, 0.15) is 21.5 Å². The summed E-state index contributed by atoms with van der Waals surface area (Å²) < 4.78 is 2.59. The van der Waals surface area contributed by atoms with Crippen molar-refractivity contribution in [3.63, 3.8) is 0 Å². The number of amides is 1. The molecule has 7 heteroatoms. The summed E-state index contributed by atoms with van der Waals surface area (Å²) in [4.78, 5) is 12.0. The standard InChI is InChI=1S/C15H11Br3N2O2/c1-8-12(17)4-9(5-13(8)18)7-19-20-15(22)11-6-10(16)2-3-14(11)21/h2-7,21H,1H3,(H,20,22)/b19-7-. The minimum atomic E-state index is -0.486. The second-order valence-corrected chi connectivity index (χ2v) is 7.09. The van der Waals surface area contributed by atoms with Crippen molar-refractivity contribution in [3.8, 4) is 5.75 Å². The molecule has 2 rings (SSSR count). The van der Waals surface area contributed by atoms with Crippen LogP contribution in [0.15, 0.2) is 48.9 Å². The highest BCUT2D eigenvalue weighted by Gasteiger charge is 2.10. The number of rotatable bonds is 3. The third-order valence-electron chi connectivity index (χ3n) is 2.89. The highest BCUT2D eigenvalue weighted by atomic mass is 79.9. The minimum absolute atomic E-state index is 0.100. The molecule has 0 bridgehead atoms. The Balaban J connectivity index is 2.12. The van der Waals surface area contributed by atoms with Gasteiger partial charge in [-0.15, -0.1) is 0 Å². The molecule has 0 aliphatic rings. The summed E-state index contributed by atoms with van der Waals surface area (Å²) in [7, 11) is 0. The van der Waals surface area contributed by atoms with Crippen molar-refractivity contribution < 1.29 is 9.90 Å². The van der Waals surface area contributed by atoms with Crippen LogP contribution in [0.3, 0.4) is 0 Å². The first-order valence-corrected chi connectivity index (χ1v) is 8.54. The number of nitrogens with one attached hydrogen (secondary N) is 1. The van der Waals surface area contributed by atoms with Crippen LogP contribution in [0.4, 0.5) is 0 Å². The first-order chi connectivity index (χ1) is 10.4. The van der Waals surface area contributed by atoms with Crippen LogP contribution in [-0.4, -0.2) is 17.2 Å². The maximum atomic E-state index is 12.0. The highest BCUT2D eigenvalue weighted by molar-refractivity contribution is 9.11. The summed E-state index contributed by atoms with van der Waals surface area (Å²) in [5.74, 6) is -0.586. The molecule has 0 heterocycles. The van der Waals surface area contributed by atoms with Gasteiger partial charge in [-0.2, -0.15) is 5.10 Å². The minimum Gasteiger partial charge on any atom is -0.507 e. The number of hydrogen-bond donors (Lipinski definition) is 2.